The van der Waals surface area contributed by atoms with Crippen LogP contribution in [0.4, 0.5) is 0 Å². The van der Waals surface area contributed by atoms with E-state index in [1.165, 1.54) is 19.2 Å². The van der Waals surface area contributed by atoms with E-state index in [-0.39, 0.29) is 5.97 Å². The molecule has 1 aliphatic carbocycles. The third-order valence-corrected chi connectivity index (χ3v) is 2.55. The molecule has 0 spiro atoms. The quantitative estimate of drug-likeness (QED) is 0.631. The fraction of sp³-hybridized carbons (Fsp3) is 0.778. The van der Waals surface area contributed by atoms with Crippen LogP contribution in [0.2, 0.25) is 0 Å². The van der Waals surface area contributed by atoms with Gasteiger partial charge in [0.1, 0.15) is 6.34 Å². The Hall–Kier alpha value is -1.26. The summed E-state index contributed by atoms with van der Waals surface area (Å²) in [7, 11) is 0. The molecule has 1 atom stereocenters. The van der Waals surface area contributed by atoms with Gasteiger partial charge in [-0.05, 0) is 12.8 Å². The molecule has 1 fully saturated rings. The molecule has 2 rings (SSSR count). The number of hydrogen-bond donors (Lipinski definition) is 2. The standard InChI is InChI=1S/C9H15N3O2/c1-2-14-8(13)9(5-7-3-4-7)10-6-11-12-9/h6-7,12H,2-5H2,1H3,(H,10,11). The van der Waals surface area contributed by atoms with Crippen molar-refractivity contribution in [1.29, 1.82) is 0 Å². The summed E-state index contributed by atoms with van der Waals surface area (Å²) in [5.74, 6) is 0.366. The van der Waals surface area contributed by atoms with Gasteiger partial charge in [0, 0.05) is 6.42 Å². The molecule has 2 aliphatic rings. The highest BCUT2D eigenvalue weighted by Gasteiger charge is 2.45. The molecule has 2 N–H and O–H groups in total. The molecule has 1 aliphatic heterocycles. The monoisotopic (exact) mass is 197 g/mol. The van der Waals surface area contributed by atoms with Gasteiger partial charge in [0.2, 0.25) is 5.66 Å². The van der Waals surface area contributed by atoms with Gasteiger partial charge in [0.25, 0.3) is 0 Å². The van der Waals surface area contributed by atoms with Crippen LogP contribution in [0.5, 0.6) is 0 Å². The smallest absolute Gasteiger partial charge is 0.354 e. The van der Waals surface area contributed by atoms with Crippen LogP contribution in [-0.2, 0) is 9.53 Å². The van der Waals surface area contributed by atoms with E-state index in [9.17, 15) is 4.79 Å². The van der Waals surface area contributed by atoms with E-state index in [1.54, 1.807) is 6.92 Å². The molecular weight excluding hydrogens is 182 g/mol. The first kappa shape index (κ1) is 9.30. The van der Waals surface area contributed by atoms with Crippen LogP contribution in [0, 0.1) is 5.92 Å². The summed E-state index contributed by atoms with van der Waals surface area (Å²) < 4.78 is 5.01. The SMILES string of the molecule is CCOC(=O)C1(CC2CC2)NC=NN1. The van der Waals surface area contributed by atoms with Gasteiger partial charge in [-0.3, -0.25) is 5.43 Å². The Morgan fingerprint density at radius 3 is 3.00 bits per heavy atom. The number of rotatable bonds is 4. The molecule has 1 saturated carbocycles. The van der Waals surface area contributed by atoms with E-state index in [0.29, 0.717) is 12.5 Å². The van der Waals surface area contributed by atoms with Crippen LogP contribution in [0.3, 0.4) is 0 Å². The third-order valence-electron chi connectivity index (χ3n) is 2.55. The Morgan fingerprint density at radius 1 is 1.71 bits per heavy atom. The molecule has 0 aromatic carbocycles. The number of hydrazone groups is 1. The molecule has 5 heteroatoms. The van der Waals surface area contributed by atoms with Crippen LogP contribution in [-0.4, -0.2) is 24.6 Å². The van der Waals surface area contributed by atoms with E-state index < -0.39 is 5.66 Å². The lowest BCUT2D eigenvalue weighted by Gasteiger charge is -2.26. The molecule has 0 amide bonds. The summed E-state index contributed by atoms with van der Waals surface area (Å²) in [6.45, 7) is 2.20. The lowest BCUT2D eigenvalue weighted by atomic mass is 10.0. The van der Waals surface area contributed by atoms with Crippen molar-refractivity contribution in [2.24, 2.45) is 11.0 Å². The lowest BCUT2D eigenvalue weighted by molar-refractivity contribution is -0.152. The van der Waals surface area contributed by atoms with Gasteiger partial charge < -0.3 is 10.1 Å². The predicted molar refractivity (Wildman–Crippen MR) is 51.5 cm³/mol. The fourth-order valence-corrected chi connectivity index (χ4v) is 1.62. The van der Waals surface area contributed by atoms with E-state index in [4.69, 9.17) is 4.74 Å². The molecule has 5 nitrogen and oxygen atoms in total. The van der Waals surface area contributed by atoms with E-state index >= 15 is 0 Å². The molecule has 78 valence electrons. The number of carbonyl (C=O) groups is 1. The van der Waals surface area contributed by atoms with Gasteiger partial charge in [-0.1, -0.05) is 12.8 Å². The van der Waals surface area contributed by atoms with Crippen molar-refractivity contribution < 1.29 is 9.53 Å². The Morgan fingerprint density at radius 2 is 2.50 bits per heavy atom. The maximum atomic E-state index is 11.7. The van der Waals surface area contributed by atoms with Gasteiger partial charge in [-0.15, -0.1) is 0 Å². The van der Waals surface area contributed by atoms with Crippen LogP contribution in [0.15, 0.2) is 5.10 Å². The highest BCUT2D eigenvalue weighted by Crippen LogP contribution is 2.36. The third kappa shape index (κ3) is 1.66. The summed E-state index contributed by atoms with van der Waals surface area (Å²) in [5, 5.41) is 6.78. The highest BCUT2D eigenvalue weighted by molar-refractivity contribution is 5.84. The summed E-state index contributed by atoms with van der Waals surface area (Å²) in [6, 6.07) is 0. The summed E-state index contributed by atoms with van der Waals surface area (Å²) >= 11 is 0. The Balaban J connectivity index is 2.00. The maximum absolute atomic E-state index is 11.7. The van der Waals surface area contributed by atoms with Crippen LogP contribution >= 0.6 is 0 Å². The molecular formula is C9H15N3O2. The van der Waals surface area contributed by atoms with E-state index in [0.717, 1.165) is 6.42 Å². The largest absolute Gasteiger partial charge is 0.463 e. The van der Waals surface area contributed by atoms with Crippen LogP contribution < -0.4 is 10.7 Å². The fourth-order valence-electron chi connectivity index (χ4n) is 1.62. The minimum absolute atomic E-state index is 0.260. The van der Waals surface area contributed by atoms with Gasteiger partial charge in [-0.2, -0.15) is 5.10 Å². The zero-order valence-corrected chi connectivity index (χ0v) is 8.25. The Bertz CT molecular complexity index is 253. The molecule has 1 unspecified atom stereocenters. The second kappa shape index (κ2) is 3.48. The molecule has 0 aromatic rings. The Labute approximate surface area is 82.9 Å². The molecule has 14 heavy (non-hydrogen) atoms. The molecule has 0 bridgehead atoms. The van der Waals surface area contributed by atoms with Crippen molar-refractivity contribution in [1.82, 2.24) is 10.7 Å². The van der Waals surface area contributed by atoms with Crippen molar-refractivity contribution >= 4 is 12.3 Å². The lowest BCUT2D eigenvalue weighted by Crippen LogP contribution is -2.57. The summed E-state index contributed by atoms with van der Waals surface area (Å²) in [6.07, 6.45) is 4.67. The van der Waals surface area contributed by atoms with Crippen molar-refractivity contribution in [3.63, 3.8) is 0 Å². The predicted octanol–water partition coefficient (Wildman–Crippen LogP) is 0.182. The van der Waals surface area contributed by atoms with Gasteiger partial charge >= 0.3 is 5.97 Å². The number of esters is 1. The minimum Gasteiger partial charge on any atom is -0.463 e. The second-order valence-corrected chi connectivity index (χ2v) is 3.79. The first-order valence-corrected chi connectivity index (χ1v) is 5.00. The average Bonchev–Trinajstić information content (AvgIpc) is 2.82. The van der Waals surface area contributed by atoms with Gasteiger partial charge in [0.05, 0.1) is 6.61 Å². The molecule has 0 saturated heterocycles. The highest BCUT2D eigenvalue weighted by atomic mass is 16.5. The zero-order chi connectivity index (χ0) is 10.0. The van der Waals surface area contributed by atoms with Gasteiger partial charge in [0.15, 0.2) is 0 Å². The van der Waals surface area contributed by atoms with Crippen molar-refractivity contribution in [2.75, 3.05) is 6.61 Å². The molecule has 0 aromatic heterocycles. The minimum atomic E-state index is -0.794. The summed E-state index contributed by atoms with van der Waals surface area (Å²) in [5.41, 5.74) is 2.02. The van der Waals surface area contributed by atoms with Crippen molar-refractivity contribution in [3.05, 3.63) is 0 Å². The Kier molecular flexibility index (Phi) is 2.31. The topological polar surface area (TPSA) is 62.7 Å². The maximum Gasteiger partial charge on any atom is 0.354 e. The zero-order valence-electron chi connectivity index (χ0n) is 8.25. The number of ether oxygens (including phenoxy) is 1. The van der Waals surface area contributed by atoms with E-state index in [1.807, 2.05) is 0 Å². The first-order chi connectivity index (χ1) is 6.77. The normalized spacial score (nSPS) is 29.5. The summed E-state index contributed by atoms with van der Waals surface area (Å²) in [4.78, 5) is 11.7. The number of hydrogen-bond acceptors (Lipinski definition) is 5. The number of carbonyl (C=O) groups excluding carboxylic acids is 1. The molecule has 1 heterocycles. The molecule has 0 radical (unpaired) electrons. The number of nitrogens with zero attached hydrogens (tertiary/aromatic N) is 1. The van der Waals surface area contributed by atoms with Crippen LogP contribution in [0.1, 0.15) is 26.2 Å². The van der Waals surface area contributed by atoms with Crippen molar-refractivity contribution in [2.45, 2.75) is 31.8 Å². The first-order valence-electron chi connectivity index (χ1n) is 5.00. The second-order valence-electron chi connectivity index (χ2n) is 3.79. The number of nitrogens with one attached hydrogen (secondary N) is 2. The van der Waals surface area contributed by atoms with E-state index in [2.05, 4.69) is 15.8 Å². The van der Waals surface area contributed by atoms with Crippen molar-refractivity contribution in [3.8, 4) is 0 Å². The van der Waals surface area contributed by atoms with Crippen LogP contribution in [0.25, 0.3) is 0 Å². The van der Waals surface area contributed by atoms with Gasteiger partial charge in [-0.25, -0.2) is 4.79 Å². The average molecular weight is 197 g/mol.